The molecule has 2 rings (SSSR count). The van der Waals surface area contributed by atoms with Crippen LogP contribution in [0.1, 0.15) is 17.5 Å². The normalized spacial score (nSPS) is 15.5. The molecule has 1 N–H and O–H groups in total. The highest BCUT2D eigenvalue weighted by atomic mass is 32.2. The Hall–Kier alpha value is -1.95. The fraction of sp³-hybridized carbons (Fsp3) is 0.529. The van der Waals surface area contributed by atoms with Crippen LogP contribution in [-0.4, -0.2) is 64.4 Å². The van der Waals surface area contributed by atoms with Gasteiger partial charge in [0.05, 0.1) is 30.6 Å². The number of nitrogens with zero attached hydrogens (tertiary/aromatic N) is 2. The summed E-state index contributed by atoms with van der Waals surface area (Å²) in [5.41, 5.74) is 1.04. The second kappa shape index (κ2) is 9.51. The minimum Gasteiger partial charge on any atom is -0.379 e. The van der Waals surface area contributed by atoms with E-state index in [4.69, 9.17) is 10.00 Å². The van der Waals surface area contributed by atoms with Gasteiger partial charge in [0.15, 0.2) is 9.84 Å². The molecule has 0 atom stereocenters. The molecule has 136 valence electrons. The lowest BCUT2D eigenvalue weighted by Crippen LogP contribution is -2.38. The van der Waals surface area contributed by atoms with E-state index in [1.54, 1.807) is 24.3 Å². The minimum atomic E-state index is -3.53. The molecule has 1 saturated heterocycles. The third-order valence-corrected chi connectivity index (χ3v) is 5.37. The molecular weight excluding hydrogens is 342 g/mol. The summed E-state index contributed by atoms with van der Waals surface area (Å²) < 4.78 is 29.5. The van der Waals surface area contributed by atoms with E-state index in [0.717, 1.165) is 39.3 Å². The summed E-state index contributed by atoms with van der Waals surface area (Å²) in [6.07, 6.45) is 0.779. The van der Waals surface area contributed by atoms with Gasteiger partial charge in [0.1, 0.15) is 5.75 Å². The number of ether oxygens (including phenoxy) is 1. The number of carbonyl (C=O) groups is 1. The standard InChI is InChI=1S/C17H23N3O4S/c18-12-15-2-4-16(5-3-15)13-25(22,23)14-17(21)19-6-1-7-20-8-10-24-11-9-20/h2-5H,1,6-11,13-14H2,(H,19,21). The largest absolute Gasteiger partial charge is 0.379 e. The van der Waals surface area contributed by atoms with Gasteiger partial charge in [-0.1, -0.05) is 12.1 Å². The van der Waals surface area contributed by atoms with Crippen molar-refractivity contribution in [1.82, 2.24) is 10.2 Å². The Morgan fingerprint density at radius 2 is 1.92 bits per heavy atom. The first-order valence-corrected chi connectivity index (χ1v) is 10.1. The average Bonchev–Trinajstić information content (AvgIpc) is 2.59. The van der Waals surface area contributed by atoms with E-state index in [-0.39, 0.29) is 5.75 Å². The van der Waals surface area contributed by atoms with Gasteiger partial charge in [0.25, 0.3) is 0 Å². The van der Waals surface area contributed by atoms with Crippen molar-refractivity contribution >= 4 is 15.7 Å². The van der Waals surface area contributed by atoms with Crippen molar-refractivity contribution in [3.05, 3.63) is 35.4 Å². The maximum absolute atomic E-state index is 12.1. The van der Waals surface area contributed by atoms with E-state index in [1.165, 1.54) is 0 Å². The van der Waals surface area contributed by atoms with E-state index >= 15 is 0 Å². The van der Waals surface area contributed by atoms with Crippen molar-refractivity contribution in [1.29, 1.82) is 5.26 Å². The Balaban J connectivity index is 1.69. The number of morpholine rings is 1. The van der Waals surface area contributed by atoms with Gasteiger partial charge < -0.3 is 10.1 Å². The summed E-state index contributed by atoms with van der Waals surface area (Å²) >= 11 is 0. The number of benzene rings is 1. The number of hydrogen-bond acceptors (Lipinski definition) is 6. The molecule has 0 aliphatic carbocycles. The fourth-order valence-electron chi connectivity index (χ4n) is 2.59. The third kappa shape index (κ3) is 7.22. The first-order chi connectivity index (χ1) is 12.0. The molecule has 8 heteroatoms. The SMILES string of the molecule is N#Cc1ccc(CS(=O)(=O)CC(=O)NCCCN2CCOCC2)cc1. The summed E-state index contributed by atoms with van der Waals surface area (Å²) in [6.45, 7) is 4.59. The average molecular weight is 365 g/mol. The molecule has 25 heavy (non-hydrogen) atoms. The molecule has 0 saturated carbocycles. The van der Waals surface area contributed by atoms with Crippen LogP contribution in [0.25, 0.3) is 0 Å². The predicted octanol–water partition coefficient (Wildman–Crippen LogP) is 0.312. The van der Waals surface area contributed by atoms with Gasteiger partial charge in [-0.05, 0) is 30.7 Å². The van der Waals surface area contributed by atoms with Crippen LogP contribution in [0.4, 0.5) is 0 Å². The molecule has 0 aromatic heterocycles. The van der Waals surface area contributed by atoms with Gasteiger partial charge >= 0.3 is 0 Å². The van der Waals surface area contributed by atoms with Gasteiger partial charge in [0.2, 0.25) is 5.91 Å². The van der Waals surface area contributed by atoms with Crippen LogP contribution in [0, 0.1) is 11.3 Å². The number of rotatable bonds is 8. The van der Waals surface area contributed by atoms with Crippen molar-refractivity contribution in [2.45, 2.75) is 12.2 Å². The Bertz CT molecular complexity index is 704. The molecular formula is C17H23N3O4S. The Morgan fingerprint density at radius 3 is 2.56 bits per heavy atom. The van der Waals surface area contributed by atoms with Crippen molar-refractivity contribution < 1.29 is 17.9 Å². The maximum Gasteiger partial charge on any atom is 0.235 e. The second-order valence-corrected chi connectivity index (χ2v) is 8.06. The number of sulfone groups is 1. The molecule has 7 nitrogen and oxygen atoms in total. The quantitative estimate of drug-likeness (QED) is 0.666. The summed E-state index contributed by atoms with van der Waals surface area (Å²) in [5, 5.41) is 11.4. The highest BCUT2D eigenvalue weighted by Crippen LogP contribution is 2.08. The van der Waals surface area contributed by atoms with Gasteiger partial charge in [-0.2, -0.15) is 5.26 Å². The molecule has 0 spiro atoms. The first kappa shape index (κ1) is 19.4. The highest BCUT2D eigenvalue weighted by molar-refractivity contribution is 7.91. The van der Waals surface area contributed by atoms with Crippen molar-refractivity contribution in [3.63, 3.8) is 0 Å². The minimum absolute atomic E-state index is 0.208. The number of hydrogen-bond donors (Lipinski definition) is 1. The van der Waals surface area contributed by atoms with Crippen LogP contribution in [-0.2, 0) is 25.1 Å². The lowest BCUT2D eigenvalue weighted by molar-refractivity contribution is -0.118. The summed E-state index contributed by atoms with van der Waals surface area (Å²) in [7, 11) is -3.53. The lowest BCUT2D eigenvalue weighted by atomic mass is 10.2. The van der Waals surface area contributed by atoms with Gasteiger partial charge in [-0.3, -0.25) is 9.69 Å². The van der Waals surface area contributed by atoms with Gasteiger partial charge in [-0.15, -0.1) is 0 Å². The van der Waals surface area contributed by atoms with Crippen molar-refractivity contribution in [2.75, 3.05) is 45.1 Å². The molecule has 1 aliphatic heterocycles. The molecule has 1 heterocycles. The third-order valence-electron chi connectivity index (χ3n) is 3.90. The van der Waals surface area contributed by atoms with Crippen LogP contribution in [0.15, 0.2) is 24.3 Å². The van der Waals surface area contributed by atoms with Crippen LogP contribution < -0.4 is 5.32 Å². The smallest absolute Gasteiger partial charge is 0.235 e. The zero-order valence-electron chi connectivity index (χ0n) is 14.1. The molecule has 1 aromatic carbocycles. The Labute approximate surface area is 148 Å². The number of nitrogens with one attached hydrogen (secondary N) is 1. The van der Waals surface area contributed by atoms with Crippen molar-refractivity contribution in [3.8, 4) is 6.07 Å². The zero-order chi connectivity index (χ0) is 18.1. The molecule has 1 amide bonds. The monoisotopic (exact) mass is 365 g/mol. The van der Waals surface area contributed by atoms with Crippen LogP contribution in [0.5, 0.6) is 0 Å². The number of carbonyl (C=O) groups excluding carboxylic acids is 1. The van der Waals surface area contributed by atoms with Gasteiger partial charge in [-0.25, -0.2) is 8.42 Å². The van der Waals surface area contributed by atoms with E-state index in [9.17, 15) is 13.2 Å². The van der Waals surface area contributed by atoms with Crippen molar-refractivity contribution in [2.24, 2.45) is 0 Å². The first-order valence-electron chi connectivity index (χ1n) is 8.25. The molecule has 1 fully saturated rings. The fourth-order valence-corrected chi connectivity index (χ4v) is 3.89. The van der Waals surface area contributed by atoms with Crippen LogP contribution >= 0.6 is 0 Å². The lowest BCUT2D eigenvalue weighted by Gasteiger charge is -2.26. The van der Waals surface area contributed by atoms with E-state index in [1.807, 2.05) is 6.07 Å². The highest BCUT2D eigenvalue weighted by Gasteiger charge is 2.17. The second-order valence-electron chi connectivity index (χ2n) is 6.00. The van der Waals surface area contributed by atoms with Crippen LogP contribution in [0.3, 0.4) is 0 Å². The Kier molecular flexibility index (Phi) is 7.37. The van der Waals surface area contributed by atoms with E-state index < -0.39 is 21.5 Å². The zero-order valence-corrected chi connectivity index (χ0v) is 14.9. The summed E-state index contributed by atoms with van der Waals surface area (Å²) in [4.78, 5) is 14.1. The maximum atomic E-state index is 12.1. The van der Waals surface area contributed by atoms with Gasteiger partial charge in [0, 0.05) is 19.6 Å². The molecule has 0 radical (unpaired) electrons. The number of nitriles is 1. The Morgan fingerprint density at radius 1 is 1.24 bits per heavy atom. The number of amides is 1. The van der Waals surface area contributed by atoms with E-state index in [2.05, 4.69) is 10.2 Å². The topological polar surface area (TPSA) is 99.5 Å². The summed E-state index contributed by atoms with van der Waals surface area (Å²) in [6, 6.07) is 8.30. The van der Waals surface area contributed by atoms with Crippen LogP contribution in [0.2, 0.25) is 0 Å². The molecule has 1 aliphatic rings. The molecule has 0 bridgehead atoms. The van der Waals surface area contributed by atoms with E-state index in [0.29, 0.717) is 17.7 Å². The molecule has 1 aromatic rings. The molecule has 0 unspecified atom stereocenters. The summed E-state index contributed by atoms with van der Waals surface area (Å²) in [5.74, 6) is -1.21. The predicted molar refractivity (Wildman–Crippen MR) is 93.5 cm³/mol.